The molecule has 2 aliphatic rings. The van der Waals surface area contributed by atoms with Crippen molar-refractivity contribution in [3.8, 4) is 33.6 Å². The minimum Gasteiger partial charge on any atom is -0.392 e. The van der Waals surface area contributed by atoms with Gasteiger partial charge in [-0.05, 0) is 212 Å². The average molecular weight is 2080 g/mol. The normalized spacial score (nSPS) is 14.7. The van der Waals surface area contributed by atoms with Crippen molar-refractivity contribution in [2.24, 2.45) is 0 Å². The number of nitroso groups, excluding NO2 is 1. The number of benzene rings is 9. The first-order valence-corrected chi connectivity index (χ1v) is 49.8. The van der Waals surface area contributed by atoms with Gasteiger partial charge in [-0.25, -0.2) is 55.0 Å². The Morgan fingerprint density at radius 1 is 0.453 bits per heavy atom. The molecule has 6 N–H and O–H groups in total. The SMILES string of the molecule is C.CC(C)N(P)C(C)C.CC[C@@H]([C@H](C)O)n1ncn(-c2ccc(N3CCN(c4ccc(-c5ccc(C(F)(F)[C@](O)(Cn6cnnn6)c6ccc(F)cc6F)nc5)cc4)CC3)cc2)c1=O.CC[C@@H]([C@H](C)OP(C)(=O)OCc1ccccc1)n1ncn(-c2ccc(N3CCN(c4ccc(-c5ccc(C(F)(F)[C@](O)(Cn6cnnn6)c6ccc(F)cc6F)nc5)cc4)CC3)cc2)c1=O.N=O.OCc1ccccc1.OCc1ccccc1. The molecule has 0 saturated carbocycles. The number of halogens is 8. The first kappa shape index (κ1) is 114. The second kappa shape index (κ2) is 52.5. The summed E-state index contributed by atoms with van der Waals surface area (Å²) in [7, 11) is -0.729. The Balaban J connectivity index is 0.000000226. The van der Waals surface area contributed by atoms with Crippen molar-refractivity contribution in [3.63, 3.8) is 0 Å². The van der Waals surface area contributed by atoms with Gasteiger partial charge in [0.2, 0.25) is 0 Å². The second-order valence-electron chi connectivity index (χ2n) is 35.5. The summed E-state index contributed by atoms with van der Waals surface area (Å²) in [5.41, 5.74) is 4.62. The Hall–Kier alpha value is -14.1. The molecule has 43 heteroatoms. The molecule has 33 nitrogen and oxygen atoms in total. The number of nitrogens with one attached hydrogen (secondary N) is 1. The van der Waals surface area contributed by atoms with Gasteiger partial charge in [-0.15, -0.1) is 10.2 Å². The molecule has 15 aromatic rings. The Morgan fingerprint density at radius 3 is 1.06 bits per heavy atom. The van der Waals surface area contributed by atoms with Gasteiger partial charge in [0, 0.05) is 141 Å². The van der Waals surface area contributed by atoms with Crippen molar-refractivity contribution in [1.82, 2.24) is 83.7 Å². The molecule has 2 unspecified atom stereocenters. The molecule has 2 aliphatic heterocycles. The Morgan fingerprint density at radius 2 is 0.777 bits per heavy atom. The molecule has 8 heterocycles. The monoisotopic (exact) mass is 2080 g/mol. The number of anilines is 4. The Labute approximate surface area is 853 Å². The highest BCUT2D eigenvalue weighted by atomic mass is 31.2. The minimum absolute atomic E-state index is 0. The van der Waals surface area contributed by atoms with Crippen LogP contribution in [0.1, 0.15) is 127 Å². The number of tetrazole rings is 2. The molecule has 2 saturated heterocycles. The first-order chi connectivity index (χ1) is 70.5. The third-order valence-electron chi connectivity index (χ3n) is 25.1. The number of pyridine rings is 2. The lowest BCUT2D eigenvalue weighted by atomic mass is 9.84. The lowest BCUT2D eigenvalue weighted by molar-refractivity contribution is -0.207. The Kier molecular flexibility index (Phi) is 40.5. The van der Waals surface area contributed by atoms with Crippen LogP contribution in [0.15, 0.2) is 296 Å². The van der Waals surface area contributed by atoms with Crippen LogP contribution in [0.3, 0.4) is 0 Å². The summed E-state index contributed by atoms with van der Waals surface area (Å²) in [5, 5.41) is 79.4. The van der Waals surface area contributed by atoms with Crippen LogP contribution in [-0.4, -0.2) is 193 Å². The minimum atomic E-state index is -4.17. The zero-order valence-electron chi connectivity index (χ0n) is 82.3. The maximum absolute atomic E-state index is 16.3. The molecule has 17 rings (SSSR count). The molecule has 8 atom stereocenters. The predicted octanol–water partition coefficient (Wildman–Crippen LogP) is 17.7. The lowest BCUT2D eigenvalue weighted by Gasteiger charge is -2.37. The van der Waals surface area contributed by atoms with Crippen LogP contribution >= 0.6 is 17.0 Å². The zero-order chi connectivity index (χ0) is 106. The van der Waals surface area contributed by atoms with Crippen LogP contribution in [0.5, 0.6) is 0 Å². The van der Waals surface area contributed by atoms with Crippen LogP contribution in [0.4, 0.5) is 57.9 Å². The van der Waals surface area contributed by atoms with Crippen LogP contribution in [0.2, 0.25) is 0 Å². The summed E-state index contributed by atoms with van der Waals surface area (Å²) >= 11 is 0. The second-order valence-corrected chi connectivity index (χ2v) is 38.1. The summed E-state index contributed by atoms with van der Waals surface area (Å²) in [6.45, 7) is 21.8. The van der Waals surface area contributed by atoms with Gasteiger partial charge in [-0.3, -0.25) is 19.2 Å². The first-order valence-electron chi connectivity index (χ1n) is 47.3. The van der Waals surface area contributed by atoms with E-state index in [4.69, 9.17) is 24.2 Å². The quantitative estimate of drug-likeness (QED) is 0.0126. The molecular weight excluding hydrogens is 1960 g/mol. The van der Waals surface area contributed by atoms with Crippen molar-refractivity contribution >= 4 is 39.7 Å². The molecule has 2 fully saturated rings. The third kappa shape index (κ3) is 28.2. The smallest absolute Gasteiger partial charge is 0.350 e. The van der Waals surface area contributed by atoms with E-state index in [0.717, 1.165) is 156 Å². The lowest BCUT2D eigenvalue weighted by Crippen LogP contribution is -2.48. The summed E-state index contributed by atoms with van der Waals surface area (Å²) in [6, 6.07) is 68.4. The van der Waals surface area contributed by atoms with E-state index in [0.29, 0.717) is 65.1 Å². The standard InChI is InChI=1S/C46H47F4N10O5P.C38H38F4N10O3.2C7H8O.C6H16NP.CH4.HNO/c1-4-42(32(2)65-66(3,63)64-28-33-8-6-5-7-9-33)60-44(61)59(31-53-60)39-18-16-38(17-19-39)57-24-22-56(23-25-57)37-14-10-34(11-15-37)35-12-21-43(51-27-35)46(49,50)45(62,29-58-30-52-54-55-58)40-20-13-36(47)26-41(40)48;1-3-34(25(2)53)52-36(54)51(24-45-52)31-12-10-30(11-13-31)49-18-16-48(17-19-49)29-8-4-26(5-9-29)27-6-15-35(43-21-27)38(41,42)37(55,22-50-23-44-46-47-50)32-14-7-28(39)20-33(32)40;2*8-6-7-4-2-1-3-5-7;1-5(2)7(8)6(3)4;;1-2/h5-21,26-27,30-32,42,62H,4,22-25,28-29H2,1-3H3;4-15,20-21,23-25,34,53,55H,3,16-19,22H2,1-2H3;2*1-5,8H,6H2;5-6H,8H2,1-4H3;1H4;1H/t32-,42-,45-,66?;25-,34-,37-;;;;;/m00...../s1. The summed E-state index contributed by atoms with van der Waals surface area (Å²) < 4.78 is 156. The fraction of sp³-hybridized carbons (Fsp3) is 0.333. The van der Waals surface area contributed by atoms with Crippen LogP contribution in [0, 0.1) is 33.8 Å². The summed E-state index contributed by atoms with van der Waals surface area (Å²) in [5.74, 6) is -13.0. The van der Waals surface area contributed by atoms with E-state index >= 15 is 17.6 Å². The van der Waals surface area contributed by atoms with Gasteiger partial charge in [0.05, 0.1) is 68.6 Å². The van der Waals surface area contributed by atoms with Gasteiger partial charge in [-0.1, -0.05) is 164 Å². The predicted molar refractivity (Wildman–Crippen MR) is 553 cm³/mol. The van der Waals surface area contributed by atoms with E-state index in [1.807, 2.05) is 202 Å². The topological polar surface area (TPSA) is 386 Å². The fourth-order valence-electron chi connectivity index (χ4n) is 16.9. The van der Waals surface area contributed by atoms with E-state index in [2.05, 4.69) is 118 Å². The maximum atomic E-state index is 16.3. The number of hydrogen-bond acceptors (Lipinski definition) is 27. The molecule has 0 aliphatic carbocycles. The van der Waals surface area contributed by atoms with E-state index < -0.39 is 114 Å². The van der Waals surface area contributed by atoms with Gasteiger partial charge < -0.3 is 54.2 Å². The van der Waals surface area contributed by atoms with Crippen LogP contribution in [-0.2, 0) is 69.6 Å². The van der Waals surface area contributed by atoms with Crippen LogP contribution in [0.25, 0.3) is 33.6 Å². The van der Waals surface area contributed by atoms with Crippen molar-refractivity contribution in [1.29, 1.82) is 5.59 Å². The summed E-state index contributed by atoms with van der Waals surface area (Å²) in [4.78, 5) is 51.1. The maximum Gasteiger partial charge on any atom is 0.350 e. The molecule has 148 heavy (non-hydrogen) atoms. The van der Waals surface area contributed by atoms with Crippen molar-refractivity contribution in [3.05, 3.63) is 375 Å². The number of alkyl halides is 4. The number of aliphatic hydroxyl groups is 5. The molecule has 9 aromatic carbocycles. The Bertz CT molecular complexity index is 6730. The molecule has 0 spiro atoms. The molecule has 0 radical (unpaired) electrons. The fourth-order valence-corrected chi connectivity index (χ4v) is 18.1. The number of aliphatic hydroxyl groups excluding tert-OH is 3. The number of rotatable bonds is 33. The molecule has 6 aromatic heterocycles. The van der Waals surface area contributed by atoms with Gasteiger partial charge >= 0.3 is 30.8 Å². The largest absolute Gasteiger partial charge is 0.392 e. The van der Waals surface area contributed by atoms with E-state index in [9.17, 15) is 47.0 Å². The molecule has 0 bridgehead atoms. The summed E-state index contributed by atoms with van der Waals surface area (Å²) in [6.07, 6.45) is 7.18. The van der Waals surface area contributed by atoms with E-state index in [1.165, 1.54) is 62.3 Å². The van der Waals surface area contributed by atoms with Gasteiger partial charge in [0.15, 0.2) is 11.2 Å². The van der Waals surface area contributed by atoms with Crippen LogP contribution < -0.4 is 31.0 Å². The highest BCUT2D eigenvalue weighted by Crippen LogP contribution is 2.51. The van der Waals surface area contributed by atoms with E-state index in [1.54, 1.807) is 13.8 Å². The van der Waals surface area contributed by atoms with Crippen molar-refractivity contribution in [2.75, 3.05) is 78.6 Å². The number of aromatic nitrogens is 16. The highest BCUT2D eigenvalue weighted by molar-refractivity contribution is 7.52. The van der Waals surface area contributed by atoms with Gasteiger partial charge in [0.1, 0.15) is 60.0 Å². The molecular formula is C105H122F8N22O11P2. The molecule has 0 amide bonds. The number of piperazine rings is 2. The average Bonchev–Trinajstić information content (AvgIpc) is 1.73. The van der Waals surface area contributed by atoms with Gasteiger partial charge in [-0.2, -0.15) is 32.7 Å². The highest BCUT2D eigenvalue weighted by Gasteiger charge is 2.59. The van der Waals surface area contributed by atoms with Gasteiger partial charge in [0.25, 0.3) is 0 Å². The number of nitrogens with zero attached hydrogens (tertiary/aromatic N) is 21. The molecule has 784 valence electrons. The van der Waals surface area contributed by atoms with Crippen molar-refractivity contribution < 1.29 is 74.3 Å². The van der Waals surface area contributed by atoms with Crippen molar-refractivity contribution in [2.45, 2.75) is 168 Å². The number of hydrogen-bond donors (Lipinski definition) is 6. The zero-order valence-corrected chi connectivity index (χ0v) is 84.4. The van der Waals surface area contributed by atoms with E-state index in [-0.39, 0.29) is 38.6 Å². The third-order valence-corrected chi connectivity index (χ3v) is 27.6.